The topological polar surface area (TPSA) is 64.3 Å². The Kier molecular flexibility index (Phi) is 4.29. The molecule has 0 radical (unpaired) electrons. The lowest BCUT2D eigenvalue weighted by Crippen LogP contribution is -2.58. The van der Waals surface area contributed by atoms with Crippen LogP contribution in [-0.4, -0.2) is 31.2 Å². The molecule has 86 valence electrons. The minimum atomic E-state index is -0.603. The molecule has 0 heterocycles. The van der Waals surface area contributed by atoms with Crippen LogP contribution >= 0.6 is 0 Å². The van der Waals surface area contributed by atoms with Gasteiger partial charge in [-0.25, -0.2) is 0 Å². The van der Waals surface area contributed by atoms with Gasteiger partial charge in [0, 0.05) is 6.54 Å². The number of rotatable bonds is 6. The highest BCUT2D eigenvalue weighted by atomic mass is 16.5. The molecule has 1 amide bonds. The molecule has 0 aromatic carbocycles. The van der Waals surface area contributed by atoms with Crippen LogP contribution in [0.4, 0.5) is 0 Å². The molecular formula is C11H20N2O2. The number of nitrogens with one attached hydrogen (secondary N) is 1. The van der Waals surface area contributed by atoms with Gasteiger partial charge in [-0.05, 0) is 26.2 Å². The van der Waals surface area contributed by atoms with E-state index in [2.05, 4.69) is 11.9 Å². The Hall–Kier alpha value is -0.870. The molecule has 0 aromatic heterocycles. The van der Waals surface area contributed by atoms with Gasteiger partial charge in [0.1, 0.15) is 0 Å². The molecule has 4 nitrogen and oxygen atoms in total. The van der Waals surface area contributed by atoms with Crippen molar-refractivity contribution in [1.82, 2.24) is 5.32 Å². The van der Waals surface area contributed by atoms with Gasteiger partial charge in [-0.2, -0.15) is 0 Å². The third-order valence-corrected chi connectivity index (χ3v) is 2.58. The van der Waals surface area contributed by atoms with Gasteiger partial charge in [0.2, 0.25) is 5.91 Å². The Morgan fingerprint density at radius 1 is 1.60 bits per heavy atom. The molecule has 0 spiro atoms. The summed E-state index contributed by atoms with van der Waals surface area (Å²) in [6.45, 7) is 7.19. The van der Waals surface area contributed by atoms with Crippen LogP contribution in [0.15, 0.2) is 12.2 Å². The standard InChI is InChI=1S/C11H20N2O2/c1-9(2)8-15-7-6-13-10(14)11(12)4-3-5-11/h1,3-8,12H2,2H3,(H,13,14). The molecule has 4 heteroatoms. The largest absolute Gasteiger partial charge is 0.375 e. The summed E-state index contributed by atoms with van der Waals surface area (Å²) in [5.74, 6) is -0.0484. The predicted molar refractivity (Wildman–Crippen MR) is 59.4 cm³/mol. The maximum Gasteiger partial charge on any atom is 0.240 e. The highest BCUT2D eigenvalue weighted by Gasteiger charge is 2.39. The van der Waals surface area contributed by atoms with E-state index in [-0.39, 0.29) is 5.91 Å². The zero-order valence-electron chi connectivity index (χ0n) is 9.34. The molecule has 1 rings (SSSR count). The highest BCUT2D eigenvalue weighted by molar-refractivity contribution is 5.86. The van der Waals surface area contributed by atoms with Crippen LogP contribution in [0.3, 0.4) is 0 Å². The van der Waals surface area contributed by atoms with Gasteiger partial charge in [0.25, 0.3) is 0 Å². The molecule has 1 aliphatic carbocycles. The fraction of sp³-hybridized carbons (Fsp3) is 0.727. The van der Waals surface area contributed by atoms with Crippen molar-refractivity contribution in [2.24, 2.45) is 5.73 Å². The molecule has 0 aliphatic heterocycles. The minimum absolute atomic E-state index is 0.0484. The SMILES string of the molecule is C=C(C)COCCNC(=O)C1(N)CCC1. The van der Waals surface area contributed by atoms with E-state index in [4.69, 9.17) is 10.5 Å². The molecule has 1 aliphatic rings. The van der Waals surface area contributed by atoms with Gasteiger partial charge in [-0.15, -0.1) is 0 Å². The maximum absolute atomic E-state index is 11.5. The van der Waals surface area contributed by atoms with Crippen molar-refractivity contribution in [1.29, 1.82) is 0 Å². The van der Waals surface area contributed by atoms with Crippen LogP contribution in [-0.2, 0) is 9.53 Å². The zero-order valence-corrected chi connectivity index (χ0v) is 9.34. The van der Waals surface area contributed by atoms with Crippen molar-refractivity contribution in [3.63, 3.8) is 0 Å². The molecule has 3 N–H and O–H groups in total. The summed E-state index contributed by atoms with van der Waals surface area (Å²) in [5.41, 5.74) is 6.22. The molecule has 0 saturated heterocycles. The lowest BCUT2D eigenvalue weighted by molar-refractivity contribution is -0.129. The normalized spacial score (nSPS) is 18.0. The number of amides is 1. The van der Waals surface area contributed by atoms with E-state index in [1.54, 1.807) is 0 Å². The summed E-state index contributed by atoms with van der Waals surface area (Å²) in [6.07, 6.45) is 2.65. The third kappa shape index (κ3) is 3.64. The van der Waals surface area contributed by atoms with E-state index in [0.717, 1.165) is 24.8 Å². The van der Waals surface area contributed by atoms with Crippen molar-refractivity contribution in [3.05, 3.63) is 12.2 Å². The summed E-state index contributed by atoms with van der Waals surface area (Å²) in [7, 11) is 0. The van der Waals surface area contributed by atoms with Crippen molar-refractivity contribution >= 4 is 5.91 Å². The van der Waals surface area contributed by atoms with E-state index < -0.39 is 5.54 Å². The Morgan fingerprint density at radius 2 is 2.27 bits per heavy atom. The van der Waals surface area contributed by atoms with Gasteiger partial charge in [0.15, 0.2) is 0 Å². The van der Waals surface area contributed by atoms with Gasteiger partial charge in [-0.1, -0.05) is 12.2 Å². The minimum Gasteiger partial charge on any atom is -0.375 e. The molecule has 1 fully saturated rings. The smallest absolute Gasteiger partial charge is 0.240 e. The Labute approximate surface area is 90.9 Å². The molecule has 0 atom stereocenters. The quantitative estimate of drug-likeness (QED) is 0.500. The Bertz CT molecular complexity index is 247. The fourth-order valence-corrected chi connectivity index (χ4v) is 1.44. The first-order valence-electron chi connectivity index (χ1n) is 5.34. The number of nitrogens with two attached hydrogens (primary N) is 1. The monoisotopic (exact) mass is 212 g/mol. The lowest BCUT2D eigenvalue weighted by atomic mass is 9.77. The molecule has 0 unspecified atom stereocenters. The number of hydrogen-bond donors (Lipinski definition) is 2. The molecule has 0 aromatic rings. The van der Waals surface area contributed by atoms with Crippen molar-refractivity contribution in [3.8, 4) is 0 Å². The predicted octanol–water partition coefficient (Wildman–Crippen LogP) is 0.577. The average Bonchev–Trinajstić information content (AvgIpc) is 2.12. The van der Waals surface area contributed by atoms with Crippen LogP contribution in [0, 0.1) is 0 Å². The van der Waals surface area contributed by atoms with Crippen molar-refractivity contribution < 1.29 is 9.53 Å². The van der Waals surface area contributed by atoms with Crippen LogP contribution in [0.5, 0.6) is 0 Å². The van der Waals surface area contributed by atoms with E-state index in [9.17, 15) is 4.79 Å². The first kappa shape index (κ1) is 12.2. The summed E-state index contributed by atoms with van der Waals surface area (Å²) < 4.78 is 5.25. The van der Waals surface area contributed by atoms with Gasteiger partial charge >= 0.3 is 0 Å². The van der Waals surface area contributed by atoms with Gasteiger partial charge in [-0.3, -0.25) is 4.79 Å². The van der Waals surface area contributed by atoms with Crippen molar-refractivity contribution in [2.75, 3.05) is 19.8 Å². The van der Waals surface area contributed by atoms with E-state index in [1.165, 1.54) is 0 Å². The van der Waals surface area contributed by atoms with Crippen LogP contribution < -0.4 is 11.1 Å². The fourth-order valence-electron chi connectivity index (χ4n) is 1.44. The second kappa shape index (κ2) is 5.28. The van der Waals surface area contributed by atoms with E-state index in [0.29, 0.717) is 19.8 Å². The van der Waals surface area contributed by atoms with Crippen LogP contribution in [0.2, 0.25) is 0 Å². The Balaban J connectivity index is 2.05. The number of ether oxygens (including phenoxy) is 1. The number of hydrogen-bond acceptors (Lipinski definition) is 3. The first-order valence-corrected chi connectivity index (χ1v) is 5.34. The third-order valence-electron chi connectivity index (χ3n) is 2.58. The number of carbonyl (C=O) groups excluding carboxylic acids is 1. The van der Waals surface area contributed by atoms with E-state index in [1.807, 2.05) is 6.92 Å². The first-order chi connectivity index (χ1) is 7.04. The summed E-state index contributed by atoms with van der Waals surface area (Å²) in [4.78, 5) is 11.5. The molecule has 1 saturated carbocycles. The second-order valence-electron chi connectivity index (χ2n) is 4.28. The van der Waals surface area contributed by atoms with E-state index >= 15 is 0 Å². The van der Waals surface area contributed by atoms with Gasteiger partial charge in [0.05, 0.1) is 18.8 Å². The van der Waals surface area contributed by atoms with Crippen LogP contribution in [0.25, 0.3) is 0 Å². The zero-order chi connectivity index (χ0) is 11.3. The number of carbonyl (C=O) groups is 1. The Morgan fingerprint density at radius 3 is 2.73 bits per heavy atom. The summed E-state index contributed by atoms with van der Waals surface area (Å²) in [6, 6.07) is 0. The van der Waals surface area contributed by atoms with Crippen molar-refractivity contribution in [2.45, 2.75) is 31.7 Å². The maximum atomic E-state index is 11.5. The molecule has 15 heavy (non-hydrogen) atoms. The second-order valence-corrected chi connectivity index (χ2v) is 4.28. The van der Waals surface area contributed by atoms with Crippen LogP contribution in [0.1, 0.15) is 26.2 Å². The summed E-state index contributed by atoms with van der Waals surface area (Å²) in [5, 5.41) is 2.78. The average molecular weight is 212 g/mol. The highest BCUT2D eigenvalue weighted by Crippen LogP contribution is 2.28. The molecule has 0 bridgehead atoms. The molecular weight excluding hydrogens is 192 g/mol. The lowest BCUT2D eigenvalue weighted by Gasteiger charge is -2.36. The van der Waals surface area contributed by atoms with Gasteiger partial charge < -0.3 is 15.8 Å². The summed E-state index contributed by atoms with van der Waals surface area (Å²) >= 11 is 0.